The minimum absolute atomic E-state index is 0.317. The average molecular weight is 415 g/mol. The Balaban J connectivity index is 1.91. The maximum atomic E-state index is 12.8. The summed E-state index contributed by atoms with van der Waals surface area (Å²) in [4.78, 5) is 25.5. The molecule has 3 rings (SSSR count). The highest BCUT2D eigenvalue weighted by Gasteiger charge is 2.24. The Morgan fingerprint density at radius 1 is 0.774 bits per heavy atom. The van der Waals surface area contributed by atoms with E-state index in [0.717, 1.165) is 18.4 Å². The number of esters is 2. The molecule has 0 saturated heterocycles. The van der Waals surface area contributed by atoms with Crippen molar-refractivity contribution in [1.82, 2.24) is 0 Å². The van der Waals surface area contributed by atoms with Gasteiger partial charge in [-0.05, 0) is 48.7 Å². The van der Waals surface area contributed by atoms with Crippen LogP contribution in [0.2, 0.25) is 0 Å². The number of rotatable bonds is 9. The van der Waals surface area contributed by atoms with Gasteiger partial charge in [-0.1, -0.05) is 80.1 Å². The maximum absolute atomic E-state index is 12.8. The molecule has 31 heavy (non-hydrogen) atoms. The van der Waals surface area contributed by atoms with Crippen molar-refractivity contribution in [3.63, 3.8) is 0 Å². The van der Waals surface area contributed by atoms with Gasteiger partial charge < -0.3 is 9.47 Å². The van der Waals surface area contributed by atoms with Gasteiger partial charge in [-0.2, -0.15) is 0 Å². The van der Waals surface area contributed by atoms with Gasteiger partial charge >= 0.3 is 11.9 Å². The first kappa shape index (κ1) is 22.0. The first-order chi connectivity index (χ1) is 15.2. The van der Waals surface area contributed by atoms with E-state index in [2.05, 4.69) is 6.92 Å². The molecule has 0 radical (unpaired) electrons. The predicted octanol–water partition coefficient (Wildman–Crippen LogP) is 6.30. The molecule has 4 nitrogen and oxygen atoms in total. The summed E-state index contributed by atoms with van der Waals surface area (Å²) in [7, 11) is 0. The fourth-order valence-electron chi connectivity index (χ4n) is 3.06. The average Bonchev–Trinajstić information content (AvgIpc) is 2.83. The maximum Gasteiger partial charge on any atom is 0.343 e. The lowest BCUT2D eigenvalue weighted by Gasteiger charge is -2.21. The summed E-state index contributed by atoms with van der Waals surface area (Å²) in [6, 6.07) is 27.1. The Bertz CT molecular complexity index is 995. The van der Waals surface area contributed by atoms with Crippen LogP contribution in [-0.2, 0) is 9.47 Å². The summed E-state index contributed by atoms with van der Waals surface area (Å²) in [5, 5.41) is 0. The SMILES string of the molecule is CCCCC(OC(=O)c1ccccc1)/C(=C/c1ccccc1)OC(=O)c1ccccc1. The molecule has 0 aromatic heterocycles. The van der Waals surface area contributed by atoms with Gasteiger partial charge in [0.1, 0.15) is 5.76 Å². The largest absolute Gasteiger partial charge is 0.451 e. The molecule has 4 heteroatoms. The fourth-order valence-corrected chi connectivity index (χ4v) is 3.06. The van der Waals surface area contributed by atoms with E-state index in [4.69, 9.17) is 9.47 Å². The number of carbonyl (C=O) groups is 2. The van der Waals surface area contributed by atoms with Crippen molar-refractivity contribution < 1.29 is 19.1 Å². The van der Waals surface area contributed by atoms with Gasteiger partial charge in [0, 0.05) is 0 Å². The van der Waals surface area contributed by atoms with Crippen molar-refractivity contribution in [3.8, 4) is 0 Å². The molecule has 0 aliphatic carbocycles. The van der Waals surface area contributed by atoms with Gasteiger partial charge in [0.05, 0.1) is 11.1 Å². The third-order valence-corrected chi connectivity index (χ3v) is 4.72. The number of benzene rings is 3. The number of unbranched alkanes of at least 4 members (excludes halogenated alkanes) is 1. The highest BCUT2D eigenvalue weighted by atomic mass is 16.6. The first-order valence-corrected chi connectivity index (χ1v) is 10.5. The number of carbonyl (C=O) groups excluding carboxylic acids is 2. The third kappa shape index (κ3) is 6.68. The molecule has 158 valence electrons. The van der Waals surface area contributed by atoms with Crippen molar-refractivity contribution in [2.75, 3.05) is 0 Å². The molecular formula is C27H26O4. The van der Waals surface area contributed by atoms with Crippen LogP contribution >= 0.6 is 0 Å². The second-order valence-electron chi connectivity index (χ2n) is 7.12. The zero-order valence-corrected chi connectivity index (χ0v) is 17.6. The molecule has 0 fully saturated rings. The minimum atomic E-state index is -0.680. The van der Waals surface area contributed by atoms with Crippen LogP contribution in [-0.4, -0.2) is 18.0 Å². The third-order valence-electron chi connectivity index (χ3n) is 4.72. The highest BCUT2D eigenvalue weighted by Crippen LogP contribution is 2.22. The Morgan fingerprint density at radius 3 is 1.84 bits per heavy atom. The first-order valence-electron chi connectivity index (χ1n) is 10.5. The zero-order chi connectivity index (χ0) is 21.9. The van der Waals surface area contributed by atoms with Gasteiger partial charge in [0.15, 0.2) is 6.10 Å². The molecule has 0 aliphatic heterocycles. The number of hydrogen-bond acceptors (Lipinski definition) is 4. The predicted molar refractivity (Wildman–Crippen MR) is 121 cm³/mol. The molecule has 0 amide bonds. The van der Waals surface area contributed by atoms with Crippen molar-refractivity contribution in [3.05, 3.63) is 113 Å². The smallest absolute Gasteiger partial charge is 0.343 e. The molecule has 1 unspecified atom stereocenters. The normalized spacial score (nSPS) is 12.1. The Hall–Kier alpha value is -3.66. The lowest BCUT2D eigenvalue weighted by Crippen LogP contribution is -2.24. The van der Waals surface area contributed by atoms with Gasteiger partial charge in [0.25, 0.3) is 0 Å². The Labute approximate surface area is 183 Å². The monoisotopic (exact) mass is 414 g/mol. The zero-order valence-electron chi connectivity index (χ0n) is 17.6. The number of hydrogen-bond donors (Lipinski definition) is 0. The summed E-state index contributed by atoms with van der Waals surface area (Å²) in [5.74, 6) is -0.616. The van der Waals surface area contributed by atoms with Crippen molar-refractivity contribution in [2.45, 2.75) is 32.3 Å². The topological polar surface area (TPSA) is 52.6 Å². The van der Waals surface area contributed by atoms with Crippen LogP contribution in [0.4, 0.5) is 0 Å². The summed E-state index contributed by atoms with van der Waals surface area (Å²) in [6.45, 7) is 2.06. The molecule has 0 bridgehead atoms. The van der Waals surface area contributed by atoms with E-state index >= 15 is 0 Å². The Morgan fingerprint density at radius 2 is 1.29 bits per heavy atom. The highest BCUT2D eigenvalue weighted by molar-refractivity contribution is 5.91. The second-order valence-corrected chi connectivity index (χ2v) is 7.12. The standard InChI is InChI=1S/C27H26O4/c1-2-3-19-24(30-26(28)22-15-9-5-10-16-22)25(20-21-13-7-4-8-14-21)31-27(29)23-17-11-6-12-18-23/h4-18,20,24H,2-3,19H2,1H3/b25-20-. The summed E-state index contributed by atoms with van der Waals surface area (Å²) >= 11 is 0. The van der Waals surface area contributed by atoms with Crippen LogP contribution in [0.3, 0.4) is 0 Å². The summed E-state index contributed by atoms with van der Waals surface area (Å²) in [6.07, 6.45) is 3.38. The van der Waals surface area contributed by atoms with Crippen LogP contribution in [0.15, 0.2) is 96.8 Å². The van der Waals surface area contributed by atoms with E-state index in [0.29, 0.717) is 23.3 Å². The van der Waals surface area contributed by atoms with Crippen molar-refractivity contribution in [2.24, 2.45) is 0 Å². The van der Waals surface area contributed by atoms with E-state index in [1.54, 1.807) is 54.6 Å². The van der Waals surface area contributed by atoms with Gasteiger partial charge in [-0.3, -0.25) is 0 Å². The molecular weight excluding hydrogens is 388 g/mol. The lowest BCUT2D eigenvalue weighted by atomic mass is 10.1. The van der Waals surface area contributed by atoms with E-state index in [-0.39, 0.29) is 0 Å². The fraction of sp³-hybridized carbons (Fsp3) is 0.185. The van der Waals surface area contributed by atoms with Crippen molar-refractivity contribution >= 4 is 18.0 Å². The lowest BCUT2D eigenvalue weighted by molar-refractivity contribution is 0.0185. The molecule has 3 aromatic carbocycles. The van der Waals surface area contributed by atoms with E-state index in [1.807, 2.05) is 42.5 Å². The van der Waals surface area contributed by atoms with Gasteiger partial charge in [0.2, 0.25) is 0 Å². The van der Waals surface area contributed by atoms with Crippen LogP contribution in [0, 0.1) is 0 Å². The summed E-state index contributed by atoms with van der Waals surface area (Å²) in [5.41, 5.74) is 1.75. The summed E-state index contributed by atoms with van der Waals surface area (Å²) < 4.78 is 11.6. The van der Waals surface area contributed by atoms with E-state index in [1.165, 1.54) is 0 Å². The number of ether oxygens (including phenoxy) is 2. The molecule has 0 spiro atoms. The van der Waals surface area contributed by atoms with E-state index in [9.17, 15) is 9.59 Å². The molecule has 0 N–H and O–H groups in total. The molecule has 0 saturated carbocycles. The van der Waals surface area contributed by atoms with Crippen LogP contribution in [0.1, 0.15) is 52.5 Å². The van der Waals surface area contributed by atoms with Crippen molar-refractivity contribution in [1.29, 1.82) is 0 Å². The van der Waals surface area contributed by atoms with E-state index < -0.39 is 18.0 Å². The van der Waals surface area contributed by atoms with Gasteiger partial charge in [-0.15, -0.1) is 0 Å². The van der Waals surface area contributed by atoms with Crippen LogP contribution < -0.4 is 0 Å². The molecule has 1 atom stereocenters. The molecule has 3 aromatic rings. The van der Waals surface area contributed by atoms with Crippen LogP contribution in [0.5, 0.6) is 0 Å². The molecule has 0 aliphatic rings. The quantitative estimate of drug-likeness (QED) is 0.304. The minimum Gasteiger partial charge on any atom is -0.451 e. The second kappa shape index (κ2) is 11.5. The Kier molecular flexibility index (Phi) is 8.18. The molecule has 0 heterocycles. The van der Waals surface area contributed by atoms with Crippen LogP contribution in [0.25, 0.3) is 6.08 Å². The van der Waals surface area contributed by atoms with Gasteiger partial charge in [-0.25, -0.2) is 9.59 Å².